The largest absolute Gasteiger partial charge is 0.398 e. The van der Waals surface area contributed by atoms with E-state index < -0.39 is 0 Å². The van der Waals surface area contributed by atoms with E-state index in [1.54, 1.807) is 30.3 Å². The fourth-order valence-electron chi connectivity index (χ4n) is 1.48. The van der Waals surface area contributed by atoms with Crippen LogP contribution >= 0.6 is 34.8 Å². The van der Waals surface area contributed by atoms with Crippen molar-refractivity contribution >= 4 is 40.5 Å². The lowest BCUT2D eigenvalue weighted by Crippen LogP contribution is -1.90. The zero-order valence-corrected chi connectivity index (χ0v) is 10.4. The minimum absolute atomic E-state index is 0.580. The molecule has 0 aromatic heterocycles. The third-order valence-corrected chi connectivity index (χ3v) is 3.03. The summed E-state index contributed by atoms with van der Waals surface area (Å²) in [5, 5.41) is 1.83. The lowest BCUT2D eigenvalue weighted by atomic mass is 10.0. The topological polar surface area (TPSA) is 26.0 Å². The molecule has 2 aromatic carbocycles. The number of hydrogen-bond donors (Lipinski definition) is 1. The maximum atomic E-state index is 6.10. The molecule has 0 fully saturated rings. The second kappa shape index (κ2) is 4.54. The highest BCUT2D eigenvalue weighted by Gasteiger charge is 2.08. The van der Waals surface area contributed by atoms with Crippen molar-refractivity contribution in [1.82, 2.24) is 0 Å². The molecular formula is C12H8Cl3N. The Morgan fingerprint density at radius 1 is 0.750 bits per heavy atom. The van der Waals surface area contributed by atoms with Gasteiger partial charge in [-0.2, -0.15) is 0 Å². The molecule has 2 rings (SSSR count). The van der Waals surface area contributed by atoms with Gasteiger partial charge in [-0.1, -0.05) is 40.9 Å². The molecule has 1 nitrogen and oxygen atoms in total. The van der Waals surface area contributed by atoms with Crippen LogP contribution in [0.15, 0.2) is 36.4 Å². The summed E-state index contributed by atoms with van der Waals surface area (Å²) in [6.45, 7) is 0. The summed E-state index contributed by atoms with van der Waals surface area (Å²) in [5.74, 6) is 0. The summed E-state index contributed by atoms with van der Waals surface area (Å²) in [7, 11) is 0. The van der Waals surface area contributed by atoms with Crippen LogP contribution in [0.3, 0.4) is 0 Å². The van der Waals surface area contributed by atoms with Gasteiger partial charge in [-0.25, -0.2) is 0 Å². The van der Waals surface area contributed by atoms with Crippen LogP contribution in [-0.4, -0.2) is 0 Å². The van der Waals surface area contributed by atoms with Gasteiger partial charge in [0.1, 0.15) is 0 Å². The highest BCUT2D eigenvalue weighted by Crippen LogP contribution is 2.35. The molecule has 0 heterocycles. The molecular weight excluding hydrogens is 264 g/mol. The number of anilines is 1. The lowest BCUT2D eigenvalue weighted by Gasteiger charge is -2.08. The lowest BCUT2D eigenvalue weighted by molar-refractivity contribution is 1.61. The molecule has 0 bridgehead atoms. The van der Waals surface area contributed by atoms with Crippen molar-refractivity contribution in [3.05, 3.63) is 51.5 Å². The van der Waals surface area contributed by atoms with Crippen molar-refractivity contribution in [2.24, 2.45) is 0 Å². The van der Waals surface area contributed by atoms with Gasteiger partial charge in [0, 0.05) is 31.9 Å². The Bertz CT molecular complexity index is 538. The van der Waals surface area contributed by atoms with Crippen molar-refractivity contribution in [1.29, 1.82) is 0 Å². The van der Waals surface area contributed by atoms with Crippen molar-refractivity contribution < 1.29 is 0 Å². The molecule has 0 amide bonds. The van der Waals surface area contributed by atoms with E-state index in [1.807, 2.05) is 6.07 Å². The molecule has 82 valence electrons. The van der Waals surface area contributed by atoms with Gasteiger partial charge in [0.25, 0.3) is 0 Å². The van der Waals surface area contributed by atoms with E-state index in [0.29, 0.717) is 20.8 Å². The Morgan fingerprint density at radius 2 is 1.38 bits per heavy atom. The van der Waals surface area contributed by atoms with Gasteiger partial charge in [-0.15, -0.1) is 0 Å². The normalized spacial score (nSPS) is 10.4. The van der Waals surface area contributed by atoms with Gasteiger partial charge >= 0.3 is 0 Å². The van der Waals surface area contributed by atoms with Gasteiger partial charge in [-0.3, -0.25) is 0 Å². The number of nitrogen functional groups attached to an aromatic ring is 1. The van der Waals surface area contributed by atoms with Gasteiger partial charge in [0.15, 0.2) is 0 Å². The van der Waals surface area contributed by atoms with Gasteiger partial charge in [0.05, 0.1) is 0 Å². The van der Waals surface area contributed by atoms with Crippen LogP contribution in [0.5, 0.6) is 0 Å². The van der Waals surface area contributed by atoms with E-state index in [4.69, 9.17) is 40.5 Å². The SMILES string of the molecule is Nc1cc(Cl)ccc1-c1cc(Cl)ccc1Cl. The van der Waals surface area contributed by atoms with Crippen LogP contribution in [0.2, 0.25) is 15.1 Å². The van der Waals surface area contributed by atoms with E-state index in [-0.39, 0.29) is 0 Å². The van der Waals surface area contributed by atoms with Crippen LogP contribution in [0, 0.1) is 0 Å². The first-order valence-electron chi connectivity index (χ1n) is 4.58. The molecule has 0 aliphatic rings. The highest BCUT2D eigenvalue weighted by molar-refractivity contribution is 6.35. The quantitative estimate of drug-likeness (QED) is 0.734. The molecule has 0 atom stereocenters. The Balaban J connectivity index is 2.62. The zero-order chi connectivity index (χ0) is 11.7. The van der Waals surface area contributed by atoms with Crippen LogP contribution < -0.4 is 5.73 Å². The Labute approximate surface area is 109 Å². The highest BCUT2D eigenvalue weighted by atomic mass is 35.5. The molecule has 0 unspecified atom stereocenters. The van der Waals surface area contributed by atoms with Gasteiger partial charge in [-0.05, 0) is 30.3 Å². The predicted octanol–water partition coefficient (Wildman–Crippen LogP) is 4.90. The van der Waals surface area contributed by atoms with Crippen LogP contribution in [0.25, 0.3) is 11.1 Å². The van der Waals surface area contributed by atoms with E-state index in [2.05, 4.69) is 0 Å². The first-order chi connectivity index (χ1) is 7.58. The second-order valence-corrected chi connectivity index (χ2v) is 4.64. The minimum Gasteiger partial charge on any atom is -0.398 e. The average Bonchev–Trinajstić information content (AvgIpc) is 2.22. The number of benzene rings is 2. The first-order valence-corrected chi connectivity index (χ1v) is 5.72. The van der Waals surface area contributed by atoms with Crippen LogP contribution in [-0.2, 0) is 0 Å². The molecule has 0 saturated carbocycles. The maximum Gasteiger partial charge on any atom is 0.0486 e. The fourth-order valence-corrected chi connectivity index (χ4v) is 2.05. The van der Waals surface area contributed by atoms with Crippen molar-refractivity contribution in [3.63, 3.8) is 0 Å². The number of hydrogen-bond acceptors (Lipinski definition) is 1. The molecule has 0 aliphatic carbocycles. The Morgan fingerprint density at radius 3 is 2.06 bits per heavy atom. The minimum atomic E-state index is 0.580. The van der Waals surface area contributed by atoms with E-state index in [0.717, 1.165) is 11.1 Å². The van der Waals surface area contributed by atoms with Crippen LogP contribution in [0.4, 0.5) is 5.69 Å². The summed E-state index contributed by atoms with van der Waals surface area (Å²) in [6.07, 6.45) is 0. The Kier molecular flexibility index (Phi) is 3.29. The van der Waals surface area contributed by atoms with E-state index in [1.165, 1.54) is 0 Å². The second-order valence-electron chi connectivity index (χ2n) is 3.36. The zero-order valence-electron chi connectivity index (χ0n) is 8.18. The standard InChI is InChI=1S/C12H8Cl3N/c13-7-2-4-11(15)10(5-7)9-3-1-8(14)6-12(9)16/h1-6H,16H2. The third kappa shape index (κ3) is 2.27. The van der Waals surface area contributed by atoms with E-state index >= 15 is 0 Å². The molecule has 0 aliphatic heterocycles. The molecule has 0 radical (unpaired) electrons. The molecule has 2 N–H and O–H groups in total. The summed E-state index contributed by atoms with van der Waals surface area (Å²) >= 11 is 17.9. The molecule has 2 aromatic rings. The van der Waals surface area contributed by atoms with Crippen molar-refractivity contribution in [3.8, 4) is 11.1 Å². The third-order valence-electron chi connectivity index (χ3n) is 2.23. The maximum absolute atomic E-state index is 6.10. The summed E-state index contributed by atoms with van der Waals surface area (Å²) in [5.41, 5.74) is 8.11. The number of halogens is 3. The van der Waals surface area contributed by atoms with Gasteiger partial charge in [0.2, 0.25) is 0 Å². The Hall–Kier alpha value is -0.890. The van der Waals surface area contributed by atoms with Crippen molar-refractivity contribution in [2.75, 3.05) is 5.73 Å². The summed E-state index contributed by atoms with van der Waals surface area (Å²) in [6, 6.07) is 10.5. The predicted molar refractivity (Wildman–Crippen MR) is 71.3 cm³/mol. The van der Waals surface area contributed by atoms with Crippen molar-refractivity contribution in [2.45, 2.75) is 0 Å². The molecule has 0 saturated heterocycles. The molecule has 0 spiro atoms. The van der Waals surface area contributed by atoms with E-state index in [9.17, 15) is 0 Å². The first kappa shape index (κ1) is 11.6. The molecule has 4 heteroatoms. The summed E-state index contributed by atoms with van der Waals surface area (Å²) < 4.78 is 0. The van der Waals surface area contributed by atoms with Gasteiger partial charge < -0.3 is 5.73 Å². The molecule has 16 heavy (non-hydrogen) atoms. The number of nitrogens with two attached hydrogens (primary N) is 1. The fraction of sp³-hybridized carbons (Fsp3) is 0. The average molecular weight is 273 g/mol. The number of rotatable bonds is 1. The monoisotopic (exact) mass is 271 g/mol. The van der Waals surface area contributed by atoms with Crippen LogP contribution in [0.1, 0.15) is 0 Å². The summed E-state index contributed by atoms with van der Waals surface area (Å²) in [4.78, 5) is 0. The smallest absolute Gasteiger partial charge is 0.0486 e.